The molecular formula is C15H21N3. The number of fused-ring (bicyclic) bond motifs is 1. The Labute approximate surface area is 108 Å². The van der Waals surface area contributed by atoms with Gasteiger partial charge in [0.05, 0.1) is 11.0 Å². The molecule has 3 rings (SSSR count). The number of hydrogen-bond donors (Lipinski definition) is 1. The van der Waals surface area contributed by atoms with Crippen molar-refractivity contribution < 1.29 is 0 Å². The van der Waals surface area contributed by atoms with E-state index in [1.165, 1.54) is 5.52 Å². The summed E-state index contributed by atoms with van der Waals surface area (Å²) < 4.78 is 2.14. The van der Waals surface area contributed by atoms with Gasteiger partial charge >= 0.3 is 0 Å². The predicted octanol–water partition coefficient (Wildman–Crippen LogP) is 3.42. The Morgan fingerprint density at radius 1 is 1.11 bits per heavy atom. The van der Waals surface area contributed by atoms with Gasteiger partial charge < -0.3 is 9.88 Å². The summed E-state index contributed by atoms with van der Waals surface area (Å²) in [4.78, 5) is 4.68. The molecule has 1 fully saturated rings. The highest BCUT2D eigenvalue weighted by atomic mass is 15.2. The van der Waals surface area contributed by atoms with Crippen molar-refractivity contribution in [3.8, 4) is 0 Å². The molecule has 1 heterocycles. The number of para-hydroxylation sites is 2. The van der Waals surface area contributed by atoms with Gasteiger partial charge in [-0.1, -0.05) is 39.8 Å². The first-order chi connectivity index (χ1) is 8.35. The van der Waals surface area contributed by atoms with E-state index in [-0.39, 0.29) is 0 Å². The predicted molar refractivity (Wildman–Crippen MR) is 75.7 cm³/mol. The summed E-state index contributed by atoms with van der Waals surface area (Å²) in [7, 11) is 2.07. The number of aryl methyl sites for hydroxylation is 1. The molecule has 0 saturated heterocycles. The van der Waals surface area contributed by atoms with Gasteiger partial charge in [0, 0.05) is 13.1 Å². The molecule has 3 heteroatoms. The SMILES string of the molecule is Cn1c(NC2C(C)(C)C2(C)C)nc2ccccc21. The third-order valence-electron chi connectivity index (χ3n) is 5.08. The molecule has 0 atom stereocenters. The monoisotopic (exact) mass is 243 g/mol. The third kappa shape index (κ3) is 1.33. The Bertz CT molecular complexity index is 593. The molecule has 3 nitrogen and oxygen atoms in total. The highest BCUT2D eigenvalue weighted by molar-refractivity contribution is 5.78. The molecule has 2 aromatic rings. The number of aromatic nitrogens is 2. The Balaban J connectivity index is 1.95. The molecule has 1 aromatic carbocycles. The van der Waals surface area contributed by atoms with E-state index in [0.717, 1.165) is 11.5 Å². The van der Waals surface area contributed by atoms with Gasteiger partial charge in [-0.25, -0.2) is 4.98 Å². The first-order valence-corrected chi connectivity index (χ1v) is 6.54. The molecule has 0 radical (unpaired) electrons. The maximum atomic E-state index is 4.68. The molecule has 1 aliphatic rings. The molecule has 1 saturated carbocycles. The van der Waals surface area contributed by atoms with Crippen LogP contribution in [0.2, 0.25) is 0 Å². The Hall–Kier alpha value is -1.51. The second-order valence-corrected chi connectivity index (χ2v) is 6.50. The van der Waals surface area contributed by atoms with Crippen LogP contribution in [0, 0.1) is 10.8 Å². The summed E-state index contributed by atoms with van der Waals surface area (Å²) in [6.45, 7) is 9.25. The fraction of sp³-hybridized carbons (Fsp3) is 0.533. The lowest BCUT2D eigenvalue weighted by Gasteiger charge is -2.07. The summed E-state index contributed by atoms with van der Waals surface area (Å²) in [6, 6.07) is 8.74. The number of nitrogens with zero attached hydrogens (tertiary/aromatic N) is 2. The van der Waals surface area contributed by atoms with Crippen LogP contribution in [-0.4, -0.2) is 15.6 Å². The van der Waals surface area contributed by atoms with E-state index >= 15 is 0 Å². The molecule has 1 N–H and O–H groups in total. The van der Waals surface area contributed by atoms with E-state index in [1.54, 1.807) is 0 Å². The summed E-state index contributed by atoms with van der Waals surface area (Å²) in [5, 5.41) is 3.61. The summed E-state index contributed by atoms with van der Waals surface area (Å²) in [5.74, 6) is 0.972. The van der Waals surface area contributed by atoms with Crippen LogP contribution in [0.3, 0.4) is 0 Å². The van der Waals surface area contributed by atoms with Crippen LogP contribution in [0.4, 0.5) is 5.95 Å². The van der Waals surface area contributed by atoms with Crippen molar-refractivity contribution in [2.45, 2.75) is 33.7 Å². The quantitative estimate of drug-likeness (QED) is 0.876. The number of anilines is 1. The minimum Gasteiger partial charge on any atom is -0.352 e. The van der Waals surface area contributed by atoms with Crippen LogP contribution < -0.4 is 5.32 Å². The smallest absolute Gasteiger partial charge is 0.203 e. The lowest BCUT2D eigenvalue weighted by molar-refractivity contribution is 0.457. The van der Waals surface area contributed by atoms with Gasteiger partial charge in [0.25, 0.3) is 0 Å². The van der Waals surface area contributed by atoms with Gasteiger partial charge in [0.15, 0.2) is 0 Å². The molecular weight excluding hydrogens is 222 g/mol. The normalized spacial score (nSPS) is 21.2. The van der Waals surface area contributed by atoms with Crippen LogP contribution >= 0.6 is 0 Å². The van der Waals surface area contributed by atoms with Gasteiger partial charge in [-0.15, -0.1) is 0 Å². The van der Waals surface area contributed by atoms with Crippen LogP contribution in [0.15, 0.2) is 24.3 Å². The molecule has 18 heavy (non-hydrogen) atoms. The first kappa shape index (κ1) is 11.6. The maximum Gasteiger partial charge on any atom is 0.203 e. The van der Waals surface area contributed by atoms with Crippen LogP contribution in [-0.2, 0) is 7.05 Å². The lowest BCUT2D eigenvalue weighted by Crippen LogP contribution is -2.13. The second kappa shape index (κ2) is 3.28. The van der Waals surface area contributed by atoms with E-state index in [0.29, 0.717) is 16.9 Å². The molecule has 1 aromatic heterocycles. The zero-order chi connectivity index (χ0) is 13.1. The zero-order valence-electron chi connectivity index (χ0n) is 11.8. The number of benzene rings is 1. The van der Waals surface area contributed by atoms with E-state index < -0.39 is 0 Å². The second-order valence-electron chi connectivity index (χ2n) is 6.50. The Morgan fingerprint density at radius 2 is 1.72 bits per heavy atom. The summed E-state index contributed by atoms with van der Waals surface area (Å²) in [5.41, 5.74) is 2.88. The van der Waals surface area contributed by atoms with Crippen molar-refractivity contribution in [2.75, 3.05) is 5.32 Å². The molecule has 0 amide bonds. The van der Waals surface area contributed by atoms with Gasteiger partial charge in [-0.2, -0.15) is 0 Å². The molecule has 0 aliphatic heterocycles. The number of nitrogens with one attached hydrogen (secondary N) is 1. The van der Waals surface area contributed by atoms with Crippen LogP contribution in [0.1, 0.15) is 27.7 Å². The topological polar surface area (TPSA) is 29.9 Å². The van der Waals surface area contributed by atoms with Crippen molar-refractivity contribution in [1.82, 2.24) is 9.55 Å². The summed E-state index contributed by atoms with van der Waals surface area (Å²) in [6.07, 6.45) is 0. The van der Waals surface area contributed by atoms with Crippen molar-refractivity contribution in [3.63, 3.8) is 0 Å². The average Bonchev–Trinajstić information content (AvgIpc) is 2.59. The highest BCUT2D eigenvalue weighted by Crippen LogP contribution is 2.63. The van der Waals surface area contributed by atoms with E-state index in [9.17, 15) is 0 Å². The van der Waals surface area contributed by atoms with E-state index in [4.69, 9.17) is 0 Å². The zero-order valence-corrected chi connectivity index (χ0v) is 11.8. The van der Waals surface area contributed by atoms with Gasteiger partial charge in [-0.3, -0.25) is 0 Å². The van der Waals surface area contributed by atoms with Crippen molar-refractivity contribution in [2.24, 2.45) is 17.9 Å². The first-order valence-electron chi connectivity index (χ1n) is 6.54. The van der Waals surface area contributed by atoms with Gasteiger partial charge in [-0.05, 0) is 23.0 Å². The number of rotatable bonds is 2. The highest BCUT2D eigenvalue weighted by Gasteiger charge is 2.65. The number of imidazole rings is 1. The summed E-state index contributed by atoms with van der Waals surface area (Å²) >= 11 is 0. The molecule has 96 valence electrons. The average molecular weight is 243 g/mol. The van der Waals surface area contributed by atoms with Gasteiger partial charge in [0.2, 0.25) is 5.95 Å². The number of hydrogen-bond acceptors (Lipinski definition) is 2. The molecule has 1 aliphatic carbocycles. The minimum absolute atomic E-state index is 0.325. The largest absolute Gasteiger partial charge is 0.352 e. The molecule has 0 bridgehead atoms. The maximum absolute atomic E-state index is 4.68. The third-order valence-corrected chi connectivity index (χ3v) is 5.08. The van der Waals surface area contributed by atoms with Crippen LogP contribution in [0.25, 0.3) is 11.0 Å². The van der Waals surface area contributed by atoms with E-state index in [2.05, 4.69) is 67.8 Å². The lowest BCUT2D eigenvalue weighted by atomic mass is 10.0. The molecule has 0 unspecified atom stereocenters. The fourth-order valence-corrected chi connectivity index (χ4v) is 2.96. The van der Waals surface area contributed by atoms with Crippen molar-refractivity contribution >= 4 is 17.0 Å². The standard InChI is InChI=1S/C15H21N3/c1-14(2)12(15(14,3)4)17-13-16-10-8-6-7-9-11(10)18(13)5/h6-9,12H,1-5H3,(H,16,17). The van der Waals surface area contributed by atoms with Crippen molar-refractivity contribution in [3.05, 3.63) is 24.3 Å². The Morgan fingerprint density at radius 3 is 2.28 bits per heavy atom. The van der Waals surface area contributed by atoms with E-state index in [1.807, 2.05) is 6.07 Å². The molecule has 0 spiro atoms. The van der Waals surface area contributed by atoms with Crippen molar-refractivity contribution in [1.29, 1.82) is 0 Å². The van der Waals surface area contributed by atoms with Gasteiger partial charge in [0.1, 0.15) is 0 Å². The Kier molecular flexibility index (Phi) is 2.11. The minimum atomic E-state index is 0.325. The fourth-order valence-electron chi connectivity index (χ4n) is 2.96. The van der Waals surface area contributed by atoms with Crippen LogP contribution in [0.5, 0.6) is 0 Å².